The normalized spacial score (nSPS) is 10.2. The molecule has 0 saturated carbocycles. The predicted octanol–water partition coefficient (Wildman–Crippen LogP) is 2.76. The Morgan fingerprint density at radius 1 is 0.964 bits per heavy atom. The van der Waals surface area contributed by atoms with Crippen LogP contribution in [0.5, 0.6) is 17.2 Å². The van der Waals surface area contributed by atoms with Gasteiger partial charge < -0.3 is 24.2 Å². The molecule has 0 aromatic heterocycles. The van der Waals surface area contributed by atoms with Gasteiger partial charge in [-0.05, 0) is 35.7 Å². The number of carboxylic acids is 1. The molecular formula is C21H25NO6. The number of para-hydroxylation sites is 1. The third-order valence-corrected chi connectivity index (χ3v) is 4.26. The monoisotopic (exact) mass is 387 g/mol. The number of ether oxygens (including phenoxy) is 3. The van der Waals surface area contributed by atoms with Gasteiger partial charge in [0.25, 0.3) is 0 Å². The van der Waals surface area contributed by atoms with Gasteiger partial charge in [0.1, 0.15) is 23.8 Å². The van der Waals surface area contributed by atoms with E-state index in [0.717, 1.165) is 11.1 Å². The molecular weight excluding hydrogens is 362 g/mol. The SMILES string of the molecule is COc1cc(CN(CC(=O)O)C(=O)CCc2ccccc2OC)cc(OC)c1. The Morgan fingerprint density at radius 3 is 2.18 bits per heavy atom. The maximum atomic E-state index is 12.7. The van der Waals surface area contributed by atoms with Crippen molar-refractivity contribution in [3.8, 4) is 17.2 Å². The maximum absolute atomic E-state index is 12.7. The summed E-state index contributed by atoms with van der Waals surface area (Å²) in [6.45, 7) is -0.241. The molecule has 1 N–H and O–H groups in total. The quantitative estimate of drug-likeness (QED) is 0.675. The zero-order valence-electron chi connectivity index (χ0n) is 16.3. The van der Waals surface area contributed by atoms with Crippen LogP contribution < -0.4 is 14.2 Å². The molecule has 0 unspecified atom stereocenters. The average molecular weight is 387 g/mol. The molecule has 150 valence electrons. The number of carboxylic acid groups (broad SMARTS) is 1. The fraction of sp³-hybridized carbons (Fsp3) is 0.333. The zero-order chi connectivity index (χ0) is 20.5. The first-order valence-corrected chi connectivity index (χ1v) is 8.80. The van der Waals surface area contributed by atoms with E-state index in [2.05, 4.69) is 0 Å². The summed E-state index contributed by atoms with van der Waals surface area (Å²) >= 11 is 0. The number of aryl methyl sites for hydroxylation is 1. The van der Waals surface area contributed by atoms with Gasteiger partial charge in [-0.25, -0.2) is 0 Å². The minimum atomic E-state index is -1.07. The molecule has 2 rings (SSSR count). The summed E-state index contributed by atoms with van der Waals surface area (Å²) in [6.07, 6.45) is 0.634. The number of methoxy groups -OCH3 is 3. The Kier molecular flexibility index (Phi) is 7.68. The molecule has 0 atom stereocenters. The number of hydrogen-bond acceptors (Lipinski definition) is 5. The van der Waals surface area contributed by atoms with E-state index in [-0.39, 0.29) is 25.4 Å². The number of carbonyl (C=O) groups excluding carboxylic acids is 1. The van der Waals surface area contributed by atoms with Crippen LogP contribution in [0.2, 0.25) is 0 Å². The van der Waals surface area contributed by atoms with Crippen LogP contribution in [0.25, 0.3) is 0 Å². The van der Waals surface area contributed by atoms with E-state index in [9.17, 15) is 14.7 Å². The van der Waals surface area contributed by atoms with Crippen molar-refractivity contribution in [2.45, 2.75) is 19.4 Å². The highest BCUT2D eigenvalue weighted by Crippen LogP contribution is 2.24. The fourth-order valence-corrected chi connectivity index (χ4v) is 2.88. The lowest BCUT2D eigenvalue weighted by atomic mass is 10.1. The summed E-state index contributed by atoms with van der Waals surface area (Å²) in [4.78, 5) is 25.3. The third-order valence-electron chi connectivity index (χ3n) is 4.26. The molecule has 0 spiro atoms. The Labute approximate surface area is 164 Å². The van der Waals surface area contributed by atoms with E-state index in [1.165, 1.54) is 19.1 Å². The molecule has 2 aromatic rings. The lowest BCUT2D eigenvalue weighted by Gasteiger charge is -2.22. The van der Waals surface area contributed by atoms with Crippen LogP contribution in [-0.2, 0) is 22.6 Å². The van der Waals surface area contributed by atoms with Gasteiger partial charge >= 0.3 is 5.97 Å². The number of carbonyl (C=O) groups is 2. The molecule has 1 amide bonds. The van der Waals surface area contributed by atoms with Crippen molar-refractivity contribution in [3.05, 3.63) is 53.6 Å². The van der Waals surface area contributed by atoms with Crippen molar-refractivity contribution in [1.82, 2.24) is 4.90 Å². The molecule has 0 aliphatic carbocycles. The van der Waals surface area contributed by atoms with Gasteiger partial charge in [0.2, 0.25) is 5.91 Å². The van der Waals surface area contributed by atoms with Gasteiger partial charge in [-0.3, -0.25) is 9.59 Å². The van der Waals surface area contributed by atoms with Crippen molar-refractivity contribution in [1.29, 1.82) is 0 Å². The van der Waals surface area contributed by atoms with E-state index in [1.807, 2.05) is 24.3 Å². The largest absolute Gasteiger partial charge is 0.497 e. The predicted molar refractivity (Wildman–Crippen MR) is 104 cm³/mol. The summed E-state index contributed by atoms with van der Waals surface area (Å²) in [5.41, 5.74) is 1.62. The molecule has 7 heteroatoms. The summed E-state index contributed by atoms with van der Waals surface area (Å²) in [6, 6.07) is 12.7. The van der Waals surface area contributed by atoms with Crippen LogP contribution in [0.3, 0.4) is 0 Å². The van der Waals surface area contributed by atoms with Crippen LogP contribution >= 0.6 is 0 Å². The van der Waals surface area contributed by atoms with Gasteiger partial charge in [0, 0.05) is 19.0 Å². The molecule has 0 bridgehead atoms. The average Bonchev–Trinajstić information content (AvgIpc) is 2.70. The van der Waals surface area contributed by atoms with Gasteiger partial charge in [-0.2, -0.15) is 0 Å². The molecule has 0 fully saturated rings. The Bertz CT molecular complexity index is 798. The first kappa shape index (κ1) is 21.1. The van der Waals surface area contributed by atoms with Crippen molar-refractivity contribution in [3.63, 3.8) is 0 Å². The lowest BCUT2D eigenvalue weighted by Crippen LogP contribution is -2.35. The van der Waals surface area contributed by atoms with Crippen molar-refractivity contribution < 1.29 is 28.9 Å². The number of amides is 1. The van der Waals surface area contributed by atoms with Gasteiger partial charge in [0.15, 0.2) is 0 Å². The fourth-order valence-electron chi connectivity index (χ4n) is 2.88. The molecule has 28 heavy (non-hydrogen) atoms. The smallest absolute Gasteiger partial charge is 0.323 e. The second kappa shape index (κ2) is 10.2. The number of hydrogen-bond donors (Lipinski definition) is 1. The van der Waals surface area contributed by atoms with Crippen LogP contribution in [0, 0.1) is 0 Å². The first-order chi connectivity index (χ1) is 13.5. The molecule has 7 nitrogen and oxygen atoms in total. The second-order valence-electron chi connectivity index (χ2n) is 6.18. The number of benzene rings is 2. The number of rotatable bonds is 10. The molecule has 0 radical (unpaired) electrons. The summed E-state index contributed by atoms with van der Waals surface area (Å²) < 4.78 is 15.8. The summed E-state index contributed by atoms with van der Waals surface area (Å²) in [7, 11) is 4.64. The maximum Gasteiger partial charge on any atom is 0.323 e. The van der Waals surface area contributed by atoms with Crippen LogP contribution in [0.1, 0.15) is 17.5 Å². The van der Waals surface area contributed by atoms with Crippen molar-refractivity contribution >= 4 is 11.9 Å². The summed E-state index contributed by atoms with van der Waals surface area (Å²) in [5.74, 6) is 0.533. The number of nitrogens with zero attached hydrogens (tertiary/aromatic N) is 1. The second-order valence-corrected chi connectivity index (χ2v) is 6.18. The zero-order valence-corrected chi connectivity index (χ0v) is 16.3. The Balaban J connectivity index is 2.14. The topological polar surface area (TPSA) is 85.3 Å². The van der Waals surface area contributed by atoms with E-state index >= 15 is 0 Å². The van der Waals surface area contributed by atoms with E-state index in [1.54, 1.807) is 25.3 Å². The van der Waals surface area contributed by atoms with Gasteiger partial charge in [-0.1, -0.05) is 18.2 Å². The van der Waals surface area contributed by atoms with Crippen molar-refractivity contribution in [2.75, 3.05) is 27.9 Å². The number of aliphatic carboxylic acids is 1. The Morgan fingerprint density at radius 2 is 1.61 bits per heavy atom. The van der Waals surface area contributed by atoms with Crippen LogP contribution in [-0.4, -0.2) is 49.8 Å². The molecule has 0 heterocycles. The summed E-state index contributed by atoms with van der Waals surface area (Å²) in [5, 5.41) is 9.22. The highest BCUT2D eigenvalue weighted by atomic mass is 16.5. The standard InChI is InChI=1S/C21H25NO6/c1-26-17-10-15(11-18(12-17)27-2)13-22(14-21(24)25)20(23)9-8-16-6-4-5-7-19(16)28-3/h4-7,10-12H,8-9,13-14H2,1-3H3,(H,24,25). The molecule has 0 saturated heterocycles. The van der Waals surface area contributed by atoms with Gasteiger partial charge in [0.05, 0.1) is 21.3 Å². The Hall–Kier alpha value is -3.22. The lowest BCUT2D eigenvalue weighted by molar-refractivity contribution is -0.144. The van der Waals surface area contributed by atoms with Crippen molar-refractivity contribution in [2.24, 2.45) is 0 Å². The first-order valence-electron chi connectivity index (χ1n) is 8.80. The van der Waals surface area contributed by atoms with Crippen LogP contribution in [0.15, 0.2) is 42.5 Å². The van der Waals surface area contributed by atoms with Gasteiger partial charge in [-0.15, -0.1) is 0 Å². The van der Waals surface area contributed by atoms with Crippen LogP contribution in [0.4, 0.5) is 0 Å². The highest BCUT2D eigenvalue weighted by molar-refractivity contribution is 5.81. The molecule has 2 aromatic carbocycles. The molecule has 0 aliphatic rings. The third kappa shape index (κ3) is 5.90. The van der Waals surface area contributed by atoms with E-state index in [0.29, 0.717) is 23.7 Å². The highest BCUT2D eigenvalue weighted by Gasteiger charge is 2.18. The minimum absolute atomic E-state index is 0.143. The minimum Gasteiger partial charge on any atom is -0.497 e. The molecule has 0 aliphatic heterocycles. The van der Waals surface area contributed by atoms with E-state index < -0.39 is 5.97 Å². The van der Waals surface area contributed by atoms with E-state index in [4.69, 9.17) is 14.2 Å².